The van der Waals surface area contributed by atoms with E-state index in [0.29, 0.717) is 5.95 Å². The third-order valence-electron chi connectivity index (χ3n) is 2.02. The largest absolute Gasteiger partial charge is 0.401 e. The van der Waals surface area contributed by atoms with Gasteiger partial charge < -0.3 is 0 Å². The van der Waals surface area contributed by atoms with Gasteiger partial charge in [-0.25, -0.2) is 4.57 Å². The molecule has 0 aliphatic rings. The van der Waals surface area contributed by atoms with Gasteiger partial charge in [-0.3, -0.25) is 0 Å². The molecule has 0 saturated heterocycles. The van der Waals surface area contributed by atoms with Crippen LogP contribution in [0, 0.1) is 6.92 Å². The number of aromatic amines is 1. The molecule has 5 nitrogen and oxygen atoms in total. The molecule has 0 fully saturated rings. The molecule has 0 atom stereocenters. The summed E-state index contributed by atoms with van der Waals surface area (Å²) in [6, 6.07) is 7.85. The smallest absolute Gasteiger partial charge is 0.226 e. The van der Waals surface area contributed by atoms with E-state index in [2.05, 4.69) is 20.4 Å². The minimum Gasteiger partial charge on any atom is -0.226 e. The molecule has 0 radical (unpaired) electrons. The molecule has 5 heteroatoms. The van der Waals surface area contributed by atoms with Crippen LogP contribution in [0.2, 0.25) is 0 Å². The Hall–Kier alpha value is -2.04. The number of hydrogen-bond donors (Lipinski definition) is 1. The highest BCUT2D eigenvalue weighted by atomic mass is 15.3. The molecular weight excluding hydrogens is 190 g/mol. The fourth-order valence-electron chi connectivity index (χ4n) is 1.12. The number of rotatable bonds is 2. The lowest BCUT2D eigenvalue weighted by atomic mass is 10.2. The van der Waals surface area contributed by atoms with Crippen LogP contribution < -0.4 is 4.57 Å². The van der Waals surface area contributed by atoms with Gasteiger partial charge in [0, 0.05) is 5.11 Å². The molecule has 76 valence electrons. The molecule has 0 aliphatic carbocycles. The number of H-pyrrole nitrogens is 1. The summed E-state index contributed by atoms with van der Waals surface area (Å²) in [5.74, 6) is 0.621. The zero-order valence-corrected chi connectivity index (χ0v) is 8.68. The van der Waals surface area contributed by atoms with Crippen molar-refractivity contribution in [2.24, 2.45) is 17.3 Å². The predicted octanol–water partition coefficient (Wildman–Crippen LogP) is 1.96. The number of nitrogens with zero attached hydrogens (tertiary/aromatic N) is 4. The Morgan fingerprint density at radius 2 is 1.93 bits per heavy atom. The maximum atomic E-state index is 4.08. The summed E-state index contributed by atoms with van der Waals surface area (Å²) in [7, 11) is 1.85. The highest BCUT2D eigenvalue weighted by Crippen LogP contribution is 2.14. The van der Waals surface area contributed by atoms with Crippen molar-refractivity contribution in [1.29, 1.82) is 0 Å². The summed E-state index contributed by atoms with van der Waals surface area (Å²) in [4.78, 5) is 0. The third-order valence-corrected chi connectivity index (χ3v) is 2.02. The summed E-state index contributed by atoms with van der Waals surface area (Å²) in [5, 5.41) is 14.7. The molecule has 1 aromatic carbocycles. The van der Waals surface area contributed by atoms with Crippen LogP contribution in [0.5, 0.6) is 0 Å². The molecule has 0 unspecified atom stereocenters. The van der Waals surface area contributed by atoms with Crippen LogP contribution in [-0.4, -0.2) is 10.2 Å². The van der Waals surface area contributed by atoms with Gasteiger partial charge in [-0.05, 0) is 24.2 Å². The van der Waals surface area contributed by atoms with Crippen LogP contribution in [0.4, 0.5) is 11.6 Å². The van der Waals surface area contributed by atoms with Gasteiger partial charge >= 0.3 is 5.95 Å². The van der Waals surface area contributed by atoms with Crippen molar-refractivity contribution in [2.75, 3.05) is 0 Å². The normalized spacial score (nSPS) is 11.1. The fourth-order valence-corrected chi connectivity index (χ4v) is 1.12. The number of aryl methyl sites for hydroxylation is 2. The van der Waals surface area contributed by atoms with Crippen LogP contribution in [0.25, 0.3) is 0 Å². The Morgan fingerprint density at radius 1 is 1.20 bits per heavy atom. The lowest BCUT2D eigenvalue weighted by Gasteiger charge is -1.90. The molecule has 0 bridgehead atoms. The summed E-state index contributed by atoms with van der Waals surface area (Å²) < 4.78 is 1.76. The van der Waals surface area contributed by atoms with Gasteiger partial charge in [-0.2, -0.15) is 0 Å². The topological polar surface area (TPSA) is 57.3 Å². The molecule has 2 rings (SSSR count). The predicted molar refractivity (Wildman–Crippen MR) is 55.1 cm³/mol. The van der Waals surface area contributed by atoms with Crippen LogP contribution >= 0.6 is 0 Å². The lowest BCUT2D eigenvalue weighted by Crippen LogP contribution is -2.24. The van der Waals surface area contributed by atoms with E-state index in [0.717, 1.165) is 5.69 Å². The Labute approximate surface area is 87.5 Å². The first-order valence-electron chi connectivity index (χ1n) is 4.63. The van der Waals surface area contributed by atoms with Crippen molar-refractivity contribution in [3.63, 3.8) is 0 Å². The number of azo groups is 1. The first-order valence-corrected chi connectivity index (χ1v) is 4.63. The molecule has 1 N–H and O–H groups in total. The van der Waals surface area contributed by atoms with Crippen LogP contribution in [-0.2, 0) is 7.05 Å². The number of hydrogen-bond acceptors (Lipinski definition) is 3. The van der Waals surface area contributed by atoms with E-state index in [9.17, 15) is 0 Å². The van der Waals surface area contributed by atoms with Gasteiger partial charge in [0.1, 0.15) is 0 Å². The fraction of sp³-hybridized carbons (Fsp3) is 0.200. The zero-order valence-electron chi connectivity index (χ0n) is 8.68. The molecule has 15 heavy (non-hydrogen) atoms. The number of aromatic nitrogens is 3. The molecule has 2 aromatic rings. The molecule has 0 amide bonds. The van der Waals surface area contributed by atoms with E-state index in [1.807, 2.05) is 38.2 Å². The molecule has 1 heterocycles. The Balaban J connectivity index is 2.19. The number of benzene rings is 1. The maximum absolute atomic E-state index is 4.08. The molecule has 0 spiro atoms. The molecule has 0 saturated carbocycles. The number of nitrogens with one attached hydrogen (secondary N) is 1. The summed E-state index contributed by atoms with van der Waals surface area (Å²) in [5.41, 5.74) is 2.04. The van der Waals surface area contributed by atoms with Crippen LogP contribution in [0.15, 0.2) is 40.8 Å². The van der Waals surface area contributed by atoms with Crippen LogP contribution in [0.3, 0.4) is 0 Å². The molecular formula is C10H12N5+. The zero-order chi connectivity index (χ0) is 10.7. The van der Waals surface area contributed by atoms with Gasteiger partial charge in [-0.1, -0.05) is 22.8 Å². The quantitative estimate of drug-likeness (QED) is 0.587. The van der Waals surface area contributed by atoms with E-state index in [1.54, 1.807) is 10.9 Å². The van der Waals surface area contributed by atoms with E-state index in [1.165, 1.54) is 5.56 Å². The summed E-state index contributed by atoms with van der Waals surface area (Å²) in [6.07, 6.45) is 1.64. The second-order valence-electron chi connectivity index (χ2n) is 3.33. The second-order valence-corrected chi connectivity index (χ2v) is 3.33. The standard InChI is InChI=1S/C10H11N5/c1-8-3-5-9(6-4-8)12-14-10-13-11-7-15(10)2/h3-7H,1-2H3/p+1. The van der Waals surface area contributed by atoms with Crippen molar-refractivity contribution >= 4 is 11.6 Å². The Kier molecular flexibility index (Phi) is 2.53. The van der Waals surface area contributed by atoms with Crippen LogP contribution in [0.1, 0.15) is 5.56 Å². The van der Waals surface area contributed by atoms with E-state index in [4.69, 9.17) is 0 Å². The lowest BCUT2D eigenvalue weighted by molar-refractivity contribution is -0.658. The van der Waals surface area contributed by atoms with Gasteiger partial charge in [0.2, 0.25) is 6.33 Å². The van der Waals surface area contributed by atoms with E-state index >= 15 is 0 Å². The van der Waals surface area contributed by atoms with Gasteiger partial charge in [-0.15, -0.1) is 5.10 Å². The van der Waals surface area contributed by atoms with Gasteiger partial charge in [0.15, 0.2) is 0 Å². The highest BCUT2D eigenvalue weighted by Gasteiger charge is 2.04. The van der Waals surface area contributed by atoms with Crippen molar-refractivity contribution < 1.29 is 4.57 Å². The minimum atomic E-state index is 0.621. The third kappa shape index (κ3) is 2.25. The highest BCUT2D eigenvalue weighted by molar-refractivity contribution is 5.37. The van der Waals surface area contributed by atoms with E-state index in [-0.39, 0.29) is 0 Å². The average molecular weight is 202 g/mol. The maximum Gasteiger partial charge on any atom is 0.401 e. The minimum absolute atomic E-state index is 0.621. The summed E-state index contributed by atoms with van der Waals surface area (Å²) >= 11 is 0. The first-order chi connectivity index (χ1) is 7.25. The average Bonchev–Trinajstić information content (AvgIpc) is 2.63. The van der Waals surface area contributed by atoms with Gasteiger partial charge in [0.05, 0.1) is 12.7 Å². The monoisotopic (exact) mass is 202 g/mol. The first kappa shape index (κ1) is 9.51. The van der Waals surface area contributed by atoms with Crippen molar-refractivity contribution in [2.45, 2.75) is 6.92 Å². The summed E-state index contributed by atoms with van der Waals surface area (Å²) in [6.45, 7) is 2.04. The van der Waals surface area contributed by atoms with Crippen molar-refractivity contribution in [3.05, 3.63) is 36.2 Å². The SMILES string of the molecule is Cc1ccc(N=Nc2[nH]nc[n+]2C)cc1. The Bertz CT molecular complexity index is 469. The van der Waals surface area contributed by atoms with Crippen molar-refractivity contribution in [1.82, 2.24) is 10.2 Å². The van der Waals surface area contributed by atoms with E-state index < -0.39 is 0 Å². The Morgan fingerprint density at radius 3 is 2.53 bits per heavy atom. The molecule has 0 aliphatic heterocycles. The second kappa shape index (κ2) is 4.00. The molecule has 1 aromatic heterocycles. The van der Waals surface area contributed by atoms with Crippen molar-refractivity contribution in [3.8, 4) is 0 Å². The van der Waals surface area contributed by atoms with Gasteiger partial charge in [0.25, 0.3) is 0 Å².